The van der Waals surface area contributed by atoms with Crippen molar-refractivity contribution in [1.82, 2.24) is 10.2 Å². The minimum absolute atomic E-state index is 0.0941. The average Bonchev–Trinajstić information content (AvgIpc) is 2.55. The number of nitrogens with one attached hydrogen (secondary N) is 2. The molecule has 1 aromatic carbocycles. The summed E-state index contributed by atoms with van der Waals surface area (Å²) >= 11 is 0. The highest BCUT2D eigenvalue weighted by molar-refractivity contribution is 5.91. The molecule has 0 aliphatic carbocycles. The molecule has 0 radical (unpaired) electrons. The van der Waals surface area contributed by atoms with E-state index in [0.29, 0.717) is 30.3 Å². The van der Waals surface area contributed by atoms with Crippen molar-refractivity contribution in [2.24, 2.45) is 5.92 Å². The SMILES string of the molecule is CC(C)C[C@@H](C)OCCC(=O)Nc1cccc(-c2ccc(=O)[nH]n2)c1. The van der Waals surface area contributed by atoms with Crippen LogP contribution in [0.1, 0.15) is 33.6 Å². The van der Waals surface area contributed by atoms with Crippen molar-refractivity contribution in [3.05, 3.63) is 46.8 Å². The second kappa shape index (κ2) is 9.13. The Labute approximate surface area is 147 Å². The molecule has 1 amide bonds. The first-order valence-corrected chi connectivity index (χ1v) is 8.51. The fraction of sp³-hybridized carbons (Fsp3) is 0.421. The van der Waals surface area contributed by atoms with Gasteiger partial charge in [0.1, 0.15) is 0 Å². The fourth-order valence-corrected chi connectivity index (χ4v) is 2.57. The number of hydrogen-bond acceptors (Lipinski definition) is 4. The maximum Gasteiger partial charge on any atom is 0.264 e. The summed E-state index contributed by atoms with van der Waals surface area (Å²) < 4.78 is 5.66. The summed E-state index contributed by atoms with van der Waals surface area (Å²) in [7, 11) is 0. The summed E-state index contributed by atoms with van der Waals surface area (Å²) in [4.78, 5) is 23.1. The van der Waals surface area contributed by atoms with Crippen LogP contribution in [0.2, 0.25) is 0 Å². The van der Waals surface area contributed by atoms with Crippen molar-refractivity contribution in [2.75, 3.05) is 11.9 Å². The Kier molecular flexibility index (Phi) is 6.89. The number of aromatic nitrogens is 2. The third-order valence-corrected chi connectivity index (χ3v) is 3.66. The Hall–Kier alpha value is -2.47. The van der Waals surface area contributed by atoms with Crippen LogP contribution < -0.4 is 10.9 Å². The summed E-state index contributed by atoms with van der Waals surface area (Å²) in [6.45, 7) is 6.73. The third-order valence-electron chi connectivity index (χ3n) is 3.66. The summed E-state index contributed by atoms with van der Waals surface area (Å²) in [5, 5.41) is 9.25. The van der Waals surface area contributed by atoms with Crippen molar-refractivity contribution in [3.63, 3.8) is 0 Å². The third kappa shape index (κ3) is 6.51. The van der Waals surface area contributed by atoms with E-state index in [1.807, 2.05) is 31.2 Å². The number of anilines is 1. The minimum atomic E-state index is -0.250. The van der Waals surface area contributed by atoms with Gasteiger partial charge >= 0.3 is 0 Å². The molecule has 0 unspecified atom stereocenters. The normalized spacial score (nSPS) is 12.2. The Bertz CT molecular complexity index is 735. The first kappa shape index (κ1) is 18.9. The van der Waals surface area contributed by atoms with Gasteiger partial charge in [-0.3, -0.25) is 9.59 Å². The van der Waals surface area contributed by atoms with Crippen LogP contribution >= 0.6 is 0 Å². The molecule has 2 rings (SSSR count). The lowest BCUT2D eigenvalue weighted by Gasteiger charge is -2.15. The molecule has 2 N–H and O–H groups in total. The number of carbonyl (C=O) groups is 1. The highest BCUT2D eigenvalue weighted by atomic mass is 16.5. The molecule has 1 aromatic heterocycles. The first-order valence-electron chi connectivity index (χ1n) is 8.51. The zero-order chi connectivity index (χ0) is 18.2. The summed E-state index contributed by atoms with van der Waals surface area (Å²) in [6.07, 6.45) is 1.45. The molecule has 25 heavy (non-hydrogen) atoms. The van der Waals surface area contributed by atoms with E-state index >= 15 is 0 Å². The van der Waals surface area contributed by atoms with Crippen molar-refractivity contribution in [1.29, 1.82) is 0 Å². The molecule has 6 nitrogen and oxygen atoms in total. The molecule has 2 aromatic rings. The number of carbonyl (C=O) groups excluding carboxylic acids is 1. The van der Waals surface area contributed by atoms with Gasteiger partial charge in [0.25, 0.3) is 5.56 Å². The number of amides is 1. The standard InChI is InChI=1S/C19H25N3O3/c1-13(2)11-14(3)25-10-9-18(23)20-16-6-4-5-15(12-16)17-7-8-19(24)22-21-17/h4-8,12-14H,9-11H2,1-3H3,(H,20,23)(H,22,24)/t14-/m1/s1. The second-order valence-corrected chi connectivity index (χ2v) is 6.50. The Balaban J connectivity index is 1.88. The van der Waals surface area contributed by atoms with Gasteiger partial charge in [-0.1, -0.05) is 26.0 Å². The Morgan fingerprint density at radius 2 is 2.04 bits per heavy atom. The fourth-order valence-electron chi connectivity index (χ4n) is 2.57. The van der Waals surface area contributed by atoms with Crippen LogP contribution in [0.15, 0.2) is 41.2 Å². The predicted octanol–water partition coefficient (Wildman–Crippen LogP) is 3.22. The van der Waals surface area contributed by atoms with Gasteiger partial charge in [-0.15, -0.1) is 0 Å². The van der Waals surface area contributed by atoms with Crippen LogP contribution in [0.25, 0.3) is 11.3 Å². The molecule has 0 aliphatic rings. The van der Waals surface area contributed by atoms with Gasteiger partial charge in [0, 0.05) is 17.3 Å². The zero-order valence-electron chi connectivity index (χ0n) is 14.9. The van der Waals surface area contributed by atoms with Crippen LogP contribution in [0.4, 0.5) is 5.69 Å². The van der Waals surface area contributed by atoms with E-state index in [2.05, 4.69) is 29.4 Å². The van der Waals surface area contributed by atoms with Gasteiger partial charge in [0.05, 0.1) is 24.8 Å². The monoisotopic (exact) mass is 343 g/mol. The van der Waals surface area contributed by atoms with E-state index in [0.717, 1.165) is 12.0 Å². The molecule has 0 fully saturated rings. The number of benzene rings is 1. The Morgan fingerprint density at radius 3 is 2.72 bits per heavy atom. The lowest BCUT2D eigenvalue weighted by atomic mass is 10.1. The van der Waals surface area contributed by atoms with Crippen LogP contribution in [0.3, 0.4) is 0 Å². The first-order chi connectivity index (χ1) is 11.9. The topological polar surface area (TPSA) is 84.1 Å². The molecule has 0 saturated heterocycles. The molecule has 0 bridgehead atoms. The molecule has 1 heterocycles. The van der Waals surface area contributed by atoms with Crippen molar-refractivity contribution >= 4 is 11.6 Å². The number of aromatic amines is 1. The molecular weight excluding hydrogens is 318 g/mol. The molecule has 0 saturated carbocycles. The predicted molar refractivity (Wildman–Crippen MR) is 98.4 cm³/mol. The van der Waals surface area contributed by atoms with Crippen LogP contribution in [-0.4, -0.2) is 28.8 Å². The maximum absolute atomic E-state index is 12.1. The van der Waals surface area contributed by atoms with Gasteiger partial charge in [0.2, 0.25) is 5.91 Å². The van der Waals surface area contributed by atoms with Gasteiger partial charge in [-0.05, 0) is 37.5 Å². The Morgan fingerprint density at radius 1 is 1.24 bits per heavy atom. The minimum Gasteiger partial charge on any atom is -0.378 e. The largest absolute Gasteiger partial charge is 0.378 e. The van der Waals surface area contributed by atoms with E-state index in [-0.39, 0.29) is 17.6 Å². The smallest absolute Gasteiger partial charge is 0.264 e. The van der Waals surface area contributed by atoms with E-state index in [4.69, 9.17) is 4.74 Å². The molecule has 0 spiro atoms. The van der Waals surface area contributed by atoms with Gasteiger partial charge in [0.15, 0.2) is 0 Å². The van der Waals surface area contributed by atoms with Crippen molar-refractivity contribution in [3.8, 4) is 11.3 Å². The van der Waals surface area contributed by atoms with E-state index in [9.17, 15) is 9.59 Å². The van der Waals surface area contributed by atoms with Crippen LogP contribution in [0.5, 0.6) is 0 Å². The zero-order valence-corrected chi connectivity index (χ0v) is 14.9. The number of nitrogens with zero attached hydrogens (tertiary/aromatic N) is 1. The molecular formula is C19H25N3O3. The quantitative estimate of drug-likeness (QED) is 0.771. The molecule has 6 heteroatoms. The molecule has 134 valence electrons. The second-order valence-electron chi connectivity index (χ2n) is 6.50. The summed E-state index contributed by atoms with van der Waals surface area (Å²) in [5.74, 6) is 0.483. The number of H-pyrrole nitrogens is 1. The summed E-state index contributed by atoms with van der Waals surface area (Å²) in [5.41, 5.74) is 1.89. The van der Waals surface area contributed by atoms with E-state index < -0.39 is 0 Å². The number of hydrogen-bond donors (Lipinski definition) is 2. The number of rotatable bonds is 8. The molecule has 0 aliphatic heterocycles. The highest BCUT2D eigenvalue weighted by Gasteiger charge is 2.08. The van der Waals surface area contributed by atoms with Gasteiger partial charge < -0.3 is 10.1 Å². The van der Waals surface area contributed by atoms with Gasteiger partial charge in [-0.25, -0.2) is 5.10 Å². The van der Waals surface area contributed by atoms with Crippen molar-refractivity contribution < 1.29 is 9.53 Å². The average molecular weight is 343 g/mol. The van der Waals surface area contributed by atoms with Crippen LogP contribution in [0, 0.1) is 5.92 Å². The molecule has 1 atom stereocenters. The lowest BCUT2D eigenvalue weighted by Crippen LogP contribution is -2.18. The van der Waals surface area contributed by atoms with Crippen molar-refractivity contribution in [2.45, 2.75) is 39.7 Å². The van der Waals surface area contributed by atoms with E-state index in [1.54, 1.807) is 6.07 Å². The number of ether oxygens (including phenoxy) is 1. The maximum atomic E-state index is 12.1. The lowest BCUT2D eigenvalue weighted by molar-refractivity contribution is -0.117. The summed E-state index contributed by atoms with van der Waals surface area (Å²) in [6, 6.07) is 10.4. The van der Waals surface area contributed by atoms with E-state index in [1.165, 1.54) is 6.07 Å². The highest BCUT2D eigenvalue weighted by Crippen LogP contribution is 2.19. The van der Waals surface area contributed by atoms with Crippen LogP contribution in [-0.2, 0) is 9.53 Å². The van der Waals surface area contributed by atoms with Gasteiger partial charge in [-0.2, -0.15) is 5.10 Å².